The summed E-state index contributed by atoms with van der Waals surface area (Å²) in [7, 11) is -3.44. The van der Waals surface area contributed by atoms with Crippen LogP contribution in [0.2, 0.25) is 0 Å². The zero-order valence-corrected chi connectivity index (χ0v) is 54.9. The molecule has 0 unspecified atom stereocenters. The number of hydrogen-bond acceptors (Lipinski definition) is 11. The van der Waals surface area contributed by atoms with E-state index < -0.39 is 138 Å². The molecule has 0 spiro atoms. The van der Waals surface area contributed by atoms with E-state index in [-0.39, 0.29) is 84.1 Å². The molecule has 17 heteroatoms. The van der Waals surface area contributed by atoms with Gasteiger partial charge in [0.2, 0.25) is 0 Å². The van der Waals surface area contributed by atoms with Gasteiger partial charge in [-0.1, -0.05) is 214 Å². The van der Waals surface area contributed by atoms with Crippen molar-refractivity contribution in [2.45, 2.75) is 216 Å². The molecule has 0 aromatic heterocycles. The molecule has 13 nitrogen and oxygen atoms in total. The molecule has 5 aromatic carbocycles. The fraction of sp³-hybridized carbons (Fsp3) is 0.507. The molecule has 0 aliphatic heterocycles. The van der Waals surface area contributed by atoms with Crippen LogP contribution in [-0.4, -0.2) is 63.4 Å². The van der Waals surface area contributed by atoms with E-state index in [1.807, 2.05) is 53.7 Å². The van der Waals surface area contributed by atoms with E-state index in [0.717, 1.165) is 37.6 Å². The van der Waals surface area contributed by atoms with Gasteiger partial charge in [0.05, 0.1) is 12.6 Å². The third-order valence-electron chi connectivity index (χ3n) is 10.6. The van der Waals surface area contributed by atoms with E-state index in [1.165, 1.54) is 30.9 Å². The molecule has 0 amide bonds. The molecular weight excluding hydrogens is 1220 g/mol. The Balaban J connectivity index is -0.000000437. The summed E-state index contributed by atoms with van der Waals surface area (Å²) in [6.45, 7) is 4.04. The predicted octanol–water partition coefficient (Wildman–Crippen LogP) is 17.5. The number of ether oxygens (including phenoxy) is 2. The number of aromatic hydroxyl groups is 4. The number of methoxy groups -OCH3 is 1. The summed E-state index contributed by atoms with van der Waals surface area (Å²) in [5, 5.41) is 28.0. The molecule has 0 bridgehead atoms. The van der Waals surface area contributed by atoms with Gasteiger partial charge in [0, 0.05) is 89.2 Å². The van der Waals surface area contributed by atoms with E-state index >= 15 is 0 Å². The normalized spacial score (nSPS) is 18.3. The van der Waals surface area contributed by atoms with Gasteiger partial charge in [0.25, 0.3) is 2.86 Å². The molecule has 9 N–H and O–H groups in total. The summed E-state index contributed by atoms with van der Waals surface area (Å²) in [6.07, 6.45) is 0. The van der Waals surface area contributed by atoms with Crippen LogP contribution in [0.4, 0.5) is 10.5 Å². The Hall–Kier alpha value is -4.85. The third-order valence-corrected chi connectivity index (χ3v) is 10.7. The molecule has 0 radical (unpaired) electrons. The molecular formula is C67H107Cl2NO12PdS. The van der Waals surface area contributed by atoms with E-state index in [2.05, 4.69) is 59.6 Å². The minimum atomic E-state index is -4.66. The first-order valence-electron chi connectivity index (χ1n) is 40.4. The Kier molecular flexibility index (Phi) is 17.6. The summed E-state index contributed by atoms with van der Waals surface area (Å²) in [5.74, 6) is -2.38. The molecule has 0 aliphatic rings. The van der Waals surface area contributed by atoms with Crippen LogP contribution >= 0.6 is 23.9 Å². The number of phenols is 4. The van der Waals surface area contributed by atoms with Gasteiger partial charge in [-0.15, -0.1) is 20.7 Å². The average molecular weight is 1360 g/mol. The van der Waals surface area contributed by atoms with Crippen LogP contribution < -0.4 is 10.5 Å². The number of nitrogens with two attached hydrogens (primary N) is 1. The standard InChI is InChI=1S/C16H24O2.C14H23NO.C14H22O.2C10H14O.C2H3ClO2.CH3.ClH.H2O4S.Pd/c1-11(17)18-14-9-8-12(15(2,3)4)10-13(14)16(5,6)7;1-13(2,3)9-7-10(14(4,5)6)12(16)8-11(9)15;1-13(2,3)10-7-8-12(15)11(9-10)14(4,5)6;2*1-10(2,3)8-4-6-9(11)7-5-8;1-5-2(3)4;;;1-5(2,3)4;/h8-10H,1-7H3;7-8,16H,15H2,1-6H3;7-9,15H,1-6H3;2*4-7,11H,1-3H3;1H3;1H3;1H;(H2,1,2,3,4);/q;;;;;;-1;;;/p+1/i5D3,6D3,7D3,9D;4D3,5D3,6D3;4D3,5D3,8D;6D,7D;;;;;;/hD5. The Morgan fingerprint density at radius 1 is 0.571 bits per heavy atom. The first-order valence-corrected chi connectivity index (χ1v) is 26.1. The smallest absolute Gasteiger partial charge is 0.508 e. The molecule has 482 valence electrons. The Labute approximate surface area is 579 Å². The summed E-state index contributed by atoms with van der Waals surface area (Å²) in [4.78, 5) is 20.9. The van der Waals surface area contributed by atoms with Gasteiger partial charge in [-0.25, -0.2) is 9.35 Å². The Morgan fingerprint density at radius 2 is 0.940 bits per heavy atom. The largest absolute Gasteiger partial charge is 0.526 e. The SMILES string of the molecule is CC(C)(C)c1ccc(O)cc1.COC(=O)Cl.[2H]C([2H])([2H])C(c1cc(C(C)(C)C)c(N)cc1O)(C([2H])([2H])[2H])C([2H])([2H])[2H].[2H]Cl.[2H]Oc1c([2H])cc(C(C)(C)C)cc1C(C)(C([2H])([2H])[2H])C([2H])([2H])[2H].[2H]Oc1c([2H])cc(C(C)(C)C)cc1[2H].[2H][O+]([2H])S(=O)(=O)O.[2H]c1cc(C(C)(C)C)cc(C(C([2H])([2H])[2H])(C([2H])([2H])[2H])C([2H])([2H])[2H])c1OC(C)=O.[CH3-].[Pd]. The van der Waals surface area contributed by atoms with Crippen molar-refractivity contribution >= 4 is 51.4 Å². The maximum Gasteiger partial charge on any atom is 0.526 e. The Morgan fingerprint density at radius 3 is 1.29 bits per heavy atom. The second-order valence-electron chi connectivity index (χ2n) is 23.5. The van der Waals surface area contributed by atoms with E-state index in [4.69, 9.17) is 65.4 Å². The number of carbonyl (C=O) groups excluding carboxylic acids is 2. The van der Waals surface area contributed by atoms with Crippen LogP contribution in [0.15, 0.2) is 97.0 Å². The fourth-order valence-corrected chi connectivity index (χ4v) is 6.03. The van der Waals surface area contributed by atoms with Crippen LogP contribution in [0.5, 0.6) is 28.7 Å². The van der Waals surface area contributed by atoms with Crippen LogP contribution in [0.25, 0.3) is 0 Å². The summed E-state index contributed by atoms with van der Waals surface area (Å²) in [6, 6.07) is 17.6. The molecule has 0 saturated carbocycles. The summed E-state index contributed by atoms with van der Waals surface area (Å²) < 4.78 is 284. The number of phenolic OH excluding ortho intramolecular Hbond substituents is 4. The molecule has 5 rings (SSSR count). The fourth-order valence-electron chi connectivity index (χ4n) is 6.03. The minimum absolute atomic E-state index is 0. The van der Waals surface area contributed by atoms with Gasteiger partial charge in [-0.05, 0) is 125 Å². The van der Waals surface area contributed by atoms with Crippen molar-refractivity contribution < 1.29 is 116 Å². The van der Waals surface area contributed by atoms with Crippen LogP contribution in [0, 0.1) is 7.43 Å². The predicted molar refractivity (Wildman–Crippen MR) is 351 cm³/mol. The number of carbonyl (C=O) groups is 2. The van der Waals surface area contributed by atoms with Gasteiger partial charge < -0.3 is 47.6 Å². The molecule has 5 aromatic rings. The first-order chi connectivity index (χ1) is 50.6. The molecule has 0 aliphatic carbocycles. The number of halogens is 2. The number of hydrogen-bond donors (Lipinski definition) is 6. The van der Waals surface area contributed by atoms with Crippen molar-refractivity contribution in [2.75, 3.05) is 12.8 Å². The number of anilines is 1. The van der Waals surface area contributed by atoms with Crippen LogP contribution in [0.1, 0.15) is 255 Å². The number of benzene rings is 5. The number of esters is 1. The van der Waals surface area contributed by atoms with Crippen molar-refractivity contribution in [1.29, 1.82) is 6.90 Å². The van der Waals surface area contributed by atoms with Crippen LogP contribution in [-0.2, 0) is 83.7 Å². The van der Waals surface area contributed by atoms with Gasteiger partial charge in [0.15, 0.2) is 0 Å². The molecule has 0 atom stereocenters. The van der Waals surface area contributed by atoms with Gasteiger partial charge >= 0.3 is 24.7 Å². The van der Waals surface area contributed by atoms with Crippen LogP contribution in [0.3, 0.4) is 0 Å². The van der Waals surface area contributed by atoms with Crippen molar-refractivity contribution in [2.24, 2.45) is 0 Å². The Bertz CT molecular complexity index is 4020. The number of nitrogen functional groups attached to an aromatic ring is 1. The van der Waals surface area contributed by atoms with Gasteiger partial charge in [-0.2, -0.15) is 0 Å². The van der Waals surface area contributed by atoms with Gasteiger partial charge in [-0.3, -0.25) is 4.79 Å². The van der Waals surface area contributed by atoms with Gasteiger partial charge in [0.1, 0.15) is 29.9 Å². The van der Waals surface area contributed by atoms with E-state index in [0.29, 0.717) is 22.4 Å². The second kappa shape index (κ2) is 35.1. The van der Waals surface area contributed by atoms with Crippen molar-refractivity contribution in [3.8, 4) is 28.7 Å². The molecule has 0 fully saturated rings. The molecule has 0 saturated heterocycles. The minimum Gasteiger partial charge on any atom is -0.508 e. The maximum absolute atomic E-state index is 11.5. The summed E-state index contributed by atoms with van der Waals surface area (Å²) in [5.41, 5.74) is -3.41. The monoisotopic (exact) mass is 1360 g/mol. The zero-order chi connectivity index (χ0) is 92.9. The topological polar surface area (TPSA) is 237 Å². The van der Waals surface area contributed by atoms with Crippen molar-refractivity contribution in [3.63, 3.8) is 0 Å². The first kappa shape index (κ1) is 42.1. The molecule has 0 heterocycles. The summed E-state index contributed by atoms with van der Waals surface area (Å²) >= 11 is 8.49. The second-order valence-corrected chi connectivity index (χ2v) is 24.6. The quantitative estimate of drug-likeness (QED) is 0.0144. The molecule has 84 heavy (non-hydrogen) atoms. The average Bonchev–Trinajstić information content (AvgIpc) is 0.705. The maximum atomic E-state index is 11.5. The van der Waals surface area contributed by atoms with E-state index in [9.17, 15) is 23.1 Å². The van der Waals surface area contributed by atoms with Crippen molar-refractivity contribution in [3.05, 3.63) is 149 Å². The third kappa shape index (κ3) is 36.2. The zero-order valence-electron chi connectivity index (χ0n) is 84.0. The van der Waals surface area contributed by atoms with E-state index in [1.54, 1.807) is 65.8 Å². The number of rotatable bonds is 4. The van der Waals surface area contributed by atoms with Crippen molar-refractivity contribution in [1.82, 2.24) is 0 Å².